The van der Waals surface area contributed by atoms with Gasteiger partial charge in [0.05, 0.1) is 0 Å². The second-order valence-corrected chi connectivity index (χ2v) is 3.37. The van der Waals surface area contributed by atoms with Crippen molar-refractivity contribution in [3.8, 4) is 0 Å². The van der Waals surface area contributed by atoms with Crippen molar-refractivity contribution in [2.24, 2.45) is 0 Å². The van der Waals surface area contributed by atoms with E-state index in [0.29, 0.717) is 0 Å². The third-order valence-electron chi connectivity index (χ3n) is 2.18. The molecule has 0 aromatic rings. The summed E-state index contributed by atoms with van der Waals surface area (Å²) in [4.78, 5) is 10.9. The van der Waals surface area contributed by atoms with Gasteiger partial charge in [-0.15, -0.1) is 0 Å². The van der Waals surface area contributed by atoms with E-state index in [0.717, 1.165) is 25.7 Å². The van der Waals surface area contributed by atoms with Gasteiger partial charge in [-0.1, -0.05) is 6.42 Å². The molecule has 12 heavy (non-hydrogen) atoms. The average Bonchev–Trinajstić information content (AvgIpc) is 2.06. The Labute approximate surface area is 72.7 Å². The molecule has 1 saturated carbocycles. The third-order valence-corrected chi connectivity index (χ3v) is 2.18. The molecule has 0 aromatic heterocycles. The molecule has 0 radical (unpaired) electrons. The number of hydrogen-bond acceptors (Lipinski definition) is 3. The van der Waals surface area contributed by atoms with Gasteiger partial charge in [-0.05, 0) is 32.6 Å². The van der Waals surface area contributed by atoms with Crippen LogP contribution in [0.1, 0.15) is 39.0 Å². The molecule has 0 bridgehead atoms. The summed E-state index contributed by atoms with van der Waals surface area (Å²) < 4.78 is 5.06. The van der Waals surface area contributed by atoms with Crippen LogP contribution in [0.2, 0.25) is 0 Å². The summed E-state index contributed by atoms with van der Waals surface area (Å²) in [6, 6.07) is 0. The lowest BCUT2D eigenvalue weighted by Gasteiger charge is -2.22. The quantitative estimate of drug-likeness (QED) is 0.637. The Morgan fingerprint density at radius 1 is 1.42 bits per heavy atom. The van der Waals surface area contributed by atoms with Crippen LogP contribution < -0.4 is 0 Å². The van der Waals surface area contributed by atoms with Crippen molar-refractivity contribution in [3.05, 3.63) is 0 Å². The number of carbonyl (C=O) groups excluding carboxylic acids is 1. The summed E-state index contributed by atoms with van der Waals surface area (Å²) in [7, 11) is 0. The molecular formula is C9H16O3. The van der Waals surface area contributed by atoms with Gasteiger partial charge in [0.15, 0.2) is 0 Å². The highest BCUT2D eigenvalue weighted by Crippen LogP contribution is 2.20. The normalized spacial score (nSPS) is 21.8. The summed E-state index contributed by atoms with van der Waals surface area (Å²) in [5.74, 6) is -0.484. The van der Waals surface area contributed by atoms with Crippen molar-refractivity contribution >= 4 is 5.97 Å². The van der Waals surface area contributed by atoms with Crippen LogP contribution in [-0.4, -0.2) is 23.3 Å². The van der Waals surface area contributed by atoms with Crippen LogP contribution in [0.5, 0.6) is 0 Å². The zero-order valence-corrected chi connectivity index (χ0v) is 7.45. The van der Waals surface area contributed by atoms with E-state index in [1.165, 1.54) is 13.3 Å². The minimum atomic E-state index is -0.980. The fourth-order valence-corrected chi connectivity index (χ4v) is 1.45. The SMILES string of the molecule is C[C@@H](O)C(=O)OC1CCCCC1. The Morgan fingerprint density at radius 3 is 2.50 bits per heavy atom. The molecule has 0 unspecified atom stereocenters. The monoisotopic (exact) mass is 172 g/mol. The Bertz CT molecular complexity index is 148. The first-order chi connectivity index (χ1) is 5.70. The molecule has 1 fully saturated rings. The molecule has 0 aromatic carbocycles. The fraction of sp³-hybridized carbons (Fsp3) is 0.889. The number of aliphatic hydroxyl groups excluding tert-OH is 1. The fourth-order valence-electron chi connectivity index (χ4n) is 1.45. The van der Waals surface area contributed by atoms with Gasteiger partial charge in [-0.25, -0.2) is 4.79 Å². The molecule has 0 heterocycles. The maximum atomic E-state index is 10.9. The molecule has 0 amide bonds. The van der Waals surface area contributed by atoms with Crippen LogP contribution in [0.25, 0.3) is 0 Å². The first kappa shape index (κ1) is 9.52. The van der Waals surface area contributed by atoms with Gasteiger partial charge in [0, 0.05) is 0 Å². The molecule has 1 atom stereocenters. The van der Waals surface area contributed by atoms with Crippen LogP contribution in [0.4, 0.5) is 0 Å². The molecule has 0 saturated heterocycles. The van der Waals surface area contributed by atoms with Gasteiger partial charge < -0.3 is 9.84 Å². The van der Waals surface area contributed by atoms with Gasteiger partial charge in [-0.3, -0.25) is 0 Å². The minimum absolute atomic E-state index is 0.0563. The molecular weight excluding hydrogens is 156 g/mol. The predicted octanol–water partition coefficient (Wildman–Crippen LogP) is 1.24. The van der Waals surface area contributed by atoms with Gasteiger partial charge in [0.2, 0.25) is 0 Å². The van der Waals surface area contributed by atoms with Gasteiger partial charge in [-0.2, -0.15) is 0 Å². The number of aliphatic hydroxyl groups is 1. The second kappa shape index (κ2) is 4.45. The van der Waals surface area contributed by atoms with E-state index in [-0.39, 0.29) is 6.10 Å². The van der Waals surface area contributed by atoms with Crippen LogP contribution in [0, 0.1) is 0 Å². The largest absolute Gasteiger partial charge is 0.460 e. The van der Waals surface area contributed by atoms with E-state index in [9.17, 15) is 4.79 Å². The molecule has 0 spiro atoms. The number of esters is 1. The molecule has 3 heteroatoms. The predicted molar refractivity (Wildman–Crippen MR) is 44.6 cm³/mol. The molecule has 1 N–H and O–H groups in total. The molecule has 3 nitrogen and oxygen atoms in total. The summed E-state index contributed by atoms with van der Waals surface area (Å²) in [6.45, 7) is 1.44. The molecule has 1 rings (SSSR count). The zero-order chi connectivity index (χ0) is 8.97. The van der Waals surface area contributed by atoms with Crippen molar-refractivity contribution in [3.63, 3.8) is 0 Å². The average molecular weight is 172 g/mol. The van der Waals surface area contributed by atoms with Crippen molar-refractivity contribution in [2.75, 3.05) is 0 Å². The molecule has 1 aliphatic carbocycles. The highest BCUT2D eigenvalue weighted by molar-refractivity contribution is 5.73. The summed E-state index contributed by atoms with van der Waals surface area (Å²) in [6.07, 6.45) is 4.50. The first-order valence-corrected chi connectivity index (χ1v) is 4.58. The van der Waals surface area contributed by atoms with E-state index in [1.54, 1.807) is 0 Å². The van der Waals surface area contributed by atoms with Gasteiger partial charge >= 0.3 is 5.97 Å². The lowest BCUT2D eigenvalue weighted by atomic mass is 9.98. The lowest BCUT2D eigenvalue weighted by molar-refractivity contribution is -0.159. The van der Waals surface area contributed by atoms with E-state index in [4.69, 9.17) is 9.84 Å². The highest BCUT2D eigenvalue weighted by atomic mass is 16.6. The number of carbonyl (C=O) groups is 1. The summed E-state index contributed by atoms with van der Waals surface area (Å²) >= 11 is 0. The third kappa shape index (κ3) is 2.81. The molecule has 70 valence electrons. The van der Waals surface area contributed by atoms with Crippen molar-refractivity contribution in [2.45, 2.75) is 51.2 Å². The van der Waals surface area contributed by atoms with E-state index in [2.05, 4.69) is 0 Å². The second-order valence-electron chi connectivity index (χ2n) is 3.37. The summed E-state index contributed by atoms with van der Waals surface area (Å²) in [5, 5.41) is 8.88. The molecule has 1 aliphatic rings. The maximum Gasteiger partial charge on any atom is 0.334 e. The van der Waals surface area contributed by atoms with Crippen LogP contribution in [0.15, 0.2) is 0 Å². The van der Waals surface area contributed by atoms with Gasteiger partial charge in [0.1, 0.15) is 12.2 Å². The number of rotatable bonds is 2. The smallest absolute Gasteiger partial charge is 0.334 e. The van der Waals surface area contributed by atoms with Crippen molar-refractivity contribution in [1.82, 2.24) is 0 Å². The first-order valence-electron chi connectivity index (χ1n) is 4.58. The van der Waals surface area contributed by atoms with E-state index < -0.39 is 12.1 Å². The van der Waals surface area contributed by atoms with Gasteiger partial charge in [0.25, 0.3) is 0 Å². The number of hydrogen-bond donors (Lipinski definition) is 1. The Kier molecular flexibility index (Phi) is 3.53. The number of ether oxygens (including phenoxy) is 1. The minimum Gasteiger partial charge on any atom is -0.460 e. The Morgan fingerprint density at radius 2 is 2.00 bits per heavy atom. The lowest BCUT2D eigenvalue weighted by Crippen LogP contribution is -2.27. The van der Waals surface area contributed by atoms with Crippen molar-refractivity contribution < 1.29 is 14.6 Å². The Hall–Kier alpha value is -0.570. The highest BCUT2D eigenvalue weighted by Gasteiger charge is 2.19. The van der Waals surface area contributed by atoms with Crippen LogP contribution in [-0.2, 0) is 9.53 Å². The Balaban J connectivity index is 2.24. The molecule has 0 aliphatic heterocycles. The topological polar surface area (TPSA) is 46.5 Å². The van der Waals surface area contributed by atoms with Crippen LogP contribution in [0.3, 0.4) is 0 Å². The zero-order valence-electron chi connectivity index (χ0n) is 7.45. The summed E-state index contributed by atoms with van der Waals surface area (Å²) in [5.41, 5.74) is 0. The van der Waals surface area contributed by atoms with Crippen molar-refractivity contribution in [1.29, 1.82) is 0 Å². The van der Waals surface area contributed by atoms with E-state index in [1.807, 2.05) is 0 Å². The standard InChI is InChI=1S/C9H16O3/c1-7(10)9(11)12-8-5-3-2-4-6-8/h7-8,10H,2-6H2,1H3/t7-/m1/s1. The van der Waals surface area contributed by atoms with E-state index >= 15 is 0 Å². The van der Waals surface area contributed by atoms with Crippen LogP contribution >= 0.6 is 0 Å². The maximum absolute atomic E-state index is 10.9.